The third-order valence-corrected chi connectivity index (χ3v) is 6.00. The molecule has 7 heteroatoms. The number of amides is 3. The highest BCUT2D eigenvalue weighted by Gasteiger charge is 2.23. The summed E-state index contributed by atoms with van der Waals surface area (Å²) in [5, 5.41) is 6.75. The SMILES string of the molecule is CCc1cccc(NC(=O)Cc2ccc(NC(=O)N3CCSc4ncccc43)cc2)c1. The number of nitrogens with one attached hydrogen (secondary N) is 2. The molecule has 0 radical (unpaired) electrons. The third kappa shape index (κ3) is 5.24. The number of carbonyl (C=O) groups is 2. The Morgan fingerprint density at radius 3 is 2.65 bits per heavy atom. The number of carbonyl (C=O) groups excluding carboxylic acids is 2. The number of thioether (sulfide) groups is 1. The molecule has 1 aliphatic rings. The predicted octanol–water partition coefficient (Wildman–Crippen LogP) is 4.97. The van der Waals surface area contributed by atoms with Gasteiger partial charge in [0.15, 0.2) is 0 Å². The molecule has 158 valence electrons. The van der Waals surface area contributed by atoms with Crippen LogP contribution in [-0.2, 0) is 17.6 Å². The standard InChI is InChI=1S/C24H24N4O2S/c1-2-17-5-3-6-20(15-17)26-22(29)16-18-8-10-19(11-9-18)27-24(30)28-13-14-31-23-21(28)7-4-12-25-23/h3-12,15H,2,13-14,16H2,1H3,(H,26,29)(H,27,30). The number of hydrogen-bond acceptors (Lipinski definition) is 4. The first-order valence-electron chi connectivity index (χ1n) is 10.3. The molecule has 3 aromatic rings. The molecule has 1 aromatic heterocycles. The quantitative estimate of drug-likeness (QED) is 0.597. The minimum atomic E-state index is -0.184. The molecule has 2 N–H and O–H groups in total. The Labute approximate surface area is 186 Å². The number of aryl methyl sites for hydroxylation is 1. The van der Waals surface area contributed by atoms with E-state index in [4.69, 9.17) is 0 Å². The van der Waals surface area contributed by atoms with Gasteiger partial charge in [-0.15, -0.1) is 11.8 Å². The van der Waals surface area contributed by atoms with Gasteiger partial charge in [-0.2, -0.15) is 0 Å². The van der Waals surface area contributed by atoms with Crippen LogP contribution in [-0.4, -0.2) is 29.2 Å². The maximum Gasteiger partial charge on any atom is 0.326 e. The smallest absolute Gasteiger partial charge is 0.326 e. The predicted molar refractivity (Wildman–Crippen MR) is 126 cm³/mol. The number of hydrogen-bond donors (Lipinski definition) is 2. The highest BCUT2D eigenvalue weighted by Crippen LogP contribution is 2.32. The fraction of sp³-hybridized carbons (Fsp3) is 0.208. The van der Waals surface area contributed by atoms with Gasteiger partial charge in [0.1, 0.15) is 5.03 Å². The van der Waals surface area contributed by atoms with Crippen molar-refractivity contribution in [1.82, 2.24) is 4.98 Å². The van der Waals surface area contributed by atoms with Gasteiger partial charge < -0.3 is 10.6 Å². The van der Waals surface area contributed by atoms with Crippen molar-refractivity contribution in [2.45, 2.75) is 24.8 Å². The van der Waals surface area contributed by atoms with E-state index in [0.29, 0.717) is 12.2 Å². The number of benzene rings is 2. The molecule has 0 atom stereocenters. The number of nitrogens with zero attached hydrogens (tertiary/aromatic N) is 2. The molecule has 0 bridgehead atoms. The van der Waals surface area contributed by atoms with Crippen molar-refractivity contribution in [3.8, 4) is 0 Å². The lowest BCUT2D eigenvalue weighted by Crippen LogP contribution is -2.38. The maximum atomic E-state index is 12.8. The Kier molecular flexibility index (Phi) is 6.52. The molecule has 0 unspecified atom stereocenters. The third-order valence-electron chi connectivity index (χ3n) is 5.03. The van der Waals surface area contributed by atoms with Gasteiger partial charge >= 0.3 is 6.03 Å². The molecule has 0 saturated carbocycles. The van der Waals surface area contributed by atoms with Gasteiger partial charge in [0.25, 0.3) is 0 Å². The van der Waals surface area contributed by atoms with Crippen LogP contribution >= 0.6 is 11.8 Å². The summed E-state index contributed by atoms with van der Waals surface area (Å²) in [6.45, 7) is 2.72. The average Bonchev–Trinajstić information content (AvgIpc) is 2.80. The van der Waals surface area contributed by atoms with Crippen LogP contribution < -0.4 is 15.5 Å². The van der Waals surface area contributed by atoms with Gasteiger partial charge in [-0.3, -0.25) is 9.69 Å². The second-order valence-corrected chi connectivity index (χ2v) is 8.32. The number of urea groups is 1. The first-order valence-corrected chi connectivity index (χ1v) is 11.2. The molecule has 4 rings (SSSR count). The van der Waals surface area contributed by atoms with Gasteiger partial charge in [0, 0.05) is 29.9 Å². The van der Waals surface area contributed by atoms with Crippen LogP contribution in [0.15, 0.2) is 71.9 Å². The highest BCUT2D eigenvalue weighted by molar-refractivity contribution is 7.99. The van der Waals surface area contributed by atoms with E-state index < -0.39 is 0 Å². The van der Waals surface area contributed by atoms with Gasteiger partial charge in [0.05, 0.1) is 12.1 Å². The van der Waals surface area contributed by atoms with Crippen molar-refractivity contribution in [2.75, 3.05) is 27.8 Å². The summed E-state index contributed by atoms with van der Waals surface area (Å²) in [4.78, 5) is 31.2. The fourth-order valence-electron chi connectivity index (χ4n) is 3.42. The molecule has 2 aromatic carbocycles. The minimum Gasteiger partial charge on any atom is -0.326 e. The largest absolute Gasteiger partial charge is 0.326 e. The summed E-state index contributed by atoms with van der Waals surface area (Å²) in [6, 6.07) is 18.8. The molecule has 1 aliphatic heterocycles. The van der Waals surface area contributed by atoms with E-state index in [1.54, 1.807) is 22.9 Å². The normalized spacial score (nSPS) is 12.7. The van der Waals surface area contributed by atoms with Crippen LogP contribution in [0.3, 0.4) is 0 Å². The Morgan fingerprint density at radius 1 is 1.00 bits per heavy atom. The van der Waals surface area contributed by atoms with Crippen molar-refractivity contribution < 1.29 is 9.59 Å². The van der Waals surface area contributed by atoms with Crippen LogP contribution in [0.1, 0.15) is 18.1 Å². The number of rotatable bonds is 5. The molecule has 6 nitrogen and oxygen atoms in total. The topological polar surface area (TPSA) is 74.3 Å². The Balaban J connectivity index is 1.35. The molecule has 0 fully saturated rings. The lowest BCUT2D eigenvalue weighted by Gasteiger charge is -2.28. The zero-order chi connectivity index (χ0) is 21.6. The lowest BCUT2D eigenvalue weighted by atomic mass is 10.1. The number of fused-ring (bicyclic) bond motifs is 1. The van der Waals surface area contributed by atoms with Crippen molar-refractivity contribution in [3.05, 3.63) is 78.0 Å². The van der Waals surface area contributed by atoms with E-state index in [1.165, 1.54) is 5.56 Å². The van der Waals surface area contributed by atoms with Gasteiger partial charge in [-0.25, -0.2) is 9.78 Å². The summed E-state index contributed by atoms with van der Waals surface area (Å²) >= 11 is 1.66. The lowest BCUT2D eigenvalue weighted by molar-refractivity contribution is -0.115. The molecular formula is C24H24N4O2S. The van der Waals surface area contributed by atoms with E-state index in [-0.39, 0.29) is 18.4 Å². The van der Waals surface area contributed by atoms with E-state index in [1.807, 2.05) is 60.7 Å². The Morgan fingerprint density at radius 2 is 1.84 bits per heavy atom. The van der Waals surface area contributed by atoms with Crippen LogP contribution in [0.25, 0.3) is 0 Å². The van der Waals surface area contributed by atoms with Crippen LogP contribution in [0, 0.1) is 0 Å². The van der Waals surface area contributed by atoms with Crippen LogP contribution in [0.4, 0.5) is 21.9 Å². The molecule has 0 spiro atoms. The monoisotopic (exact) mass is 432 g/mol. The zero-order valence-corrected chi connectivity index (χ0v) is 18.1. The van der Waals surface area contributed by atoms with Crippen LogP contribution in [0.5, 0.6) is 0 Å². The second kappa shape index (κ2) is 9.66. The molecule has 0 aliphatic carbocycles. The van der Waals surface area contributed by atoms with Crippen molar-refractivity contribution >= 4 is 40.8 Å². The summed E-state index contributed by atoms with van der Waals surface area (Å²) in [5.41, 5.74) is 4.39. The number of pyridine rings is 1. The summed E-state index contributed by atoms with van der Waals surface area (Å²) < 4.78 is 0. The van der Waals surface area contributed by atoms with E-state index >= 15 is 0 Å². The maximum absolute atomic E-state index is 12.8. The Bertz CT molecular complexity index is 1080. The molecule has 0 saturated heterocycles. The first-order chi connectivity index (χ1) is 15.1. The summed E-state index contributed by atoms with van der Waals surface area (Å²) in [5.74, 6) is 0.743. The number of aromatic nitrogens is 1. The van der Waals surface area contributed by atoms with E-state index in [2.05, 4.69) is 22.5 Å². The van der Waals surface area contributed by atoms with Crippen molar-refractivity contribution in [2.24, 2.45) is 0 Å². The summed E-state index contributed by atoms with van der Waals surface area (Å²) in [6.07, 6.45) is 2.94. The van der Waals surface area contributed by atoms with E-state index in [0.717, 1.165) is 34.1 Å². The zero-order valence-electron chi connectivity index (χ0n) is 17.3. The Hall–Kier alpha value is -3.32. The fourth-order valence-corrected chi connectivity index (χ4v) is 4.35. The summed E-state index contributed by atoms with van der Waals surface area (Å²) in [7, 11) is 0. The average molecular weight is 433 g/mol. The molecule has 31 heavy (non-hydrogen) atoms. The van der Waals surface area contributed by atoms with Crippen molar-refractivity contribution in [1.29, 1.82) is 0 Å². The van der Waals surface area contributed by atoms with Gasteiger partial charge in [0.2, 0.25) is 5.91 Å². The van der Waals surface area contributed by atoms with E-state index in [9.17, 15) is 9.59 Å². The second-order valence-electron chi connectivity index (χ2n) is 7.23. The van der Waals surface area contributed by atoms with Gasteiger partial charge in [-0.05, 0) is 53.9 Å². The molecule has 2 heterocycles. The van der Waals surface area contributed by atoms with Crippen molar-refractivity contribution in [3.63, 3.8) is 0 Å². The number of anilines is 3. The highest BCUT2D eigenvalue weighted by atomic mass is 32.2. The molecular weight excluding hydrogens is 408 g/mol. The first kappa shape index (κ1) is 20.9. The van der Waals surface area contributed by atoms with Crippen LogP contribution in [0.2, 0.25) is 0 Å². The minimum absolute atomic E-state index is 0.0695. The van der Waals surface area contributed by atoms with Gasteiger partial charge in [-0.1, -0.05) is 31.2 Å². The molecule has 3 amide bonds.